The summed E-state index contributed by atoms with van der Waals surface area (Å²) >= 11 is 0.944. The van der Waals surface area contributed by atoms with Crippen LogP contribution in [0.3, 0.4) is 0 Å². The van der Waals surface area contributed by atoms with Gasteiger partial charge in [-0.1, -0.05) is 13.8 Å². The number of alkyl halides is 4. The summed E-state index contributed by atoms with van der Waals surface area (Å²) in [6.07, 6.45) is -1.01. The molecular weight excluding hydrogens is 651 g/mol. The average Bonchev–Trinajstić information content (AvgIpc) is 3.58. The zero-order valence-corrected chi connectivity index (χ0v) is 27.3. The third-order valence-corrected chi connectivity index (χ3v) is 11.2. The number of ether oxygens (including phenoxy) is 1. The van der Waals surface area contributed by atoms with Crippen LogP contribution in [-0.2, 0) is 6.18 Å². The Balaban J connectivity index is 1.39. The number of halogens is 5. The molecule has 1 aromatic carbocycles. The molecular formula is C33H35F5N8OS. The lowest BCUT2D eigenvalue weighted by molar-refractivity contribution is -0.137. The van der Waals surface area contributed by atoms with E-state index < -0.39 is 40.9 Å². The number of nitrogens with one attached hydrogen (secondary N) is 1. The normalized spacial score (nSPS) is 24.8. The molecule has 0 aliphatic carbocycles. The van der Waals surface area contributed by atoms with Gasteiger partial charge < -0.3 is 25.6 Å². The van der Waals surface area contributed by atoms with Crippen LogP contribution in [0, 0.1) is 28.5 Å². The molecule has 15 heteroatoms. The maximum atomic E-state index is 16.9. The molecule has 4 atom stereocenters. The Hall–Kier alpha value is -3.87. The van der Waals surface area contributed by atoms with E-state index in [1.54, 1.807) is 0 Å². The van der Waals surface area contributed by atoms with E-state index in [9.17, 15) is 22.8 Å². The monoisotopic (exact) mass is 686 g/mol. The van der Waals surface area contributed by atoms with Gasteiger partial charge in [-0.2, -0.15) is 28.4 Å². The number of hydrogen-bond donors (Lipinski definition) is 2. The molecule has 3 aliphatic rings. The van der Waals surface area contributed by atoms with Crippen LogP contribution in [0.4, 0.5) is 32.8 Å². The molecule has 3 saturated heterocycles. The van der Waals surface area contributed by atoms with Crippen molar-refractivity contribution in [1.82, 2.24) is 25.2 Å². The number of thiophene rings is 1. The van der Waals surface area contributed by atoms with Gasteiger partial charge in [0.25, 0.3) is 0 Å². The van der Waals surface area contributed by atoms with Crippen molar-refractivity contribution in [2.45, 2.75) is 51.4 Å². The van der Waals surface area contributed by atoms with Gasteiger partial charge in [-0.3, -0.25) is 9.37 Å². The van der Waals surface area contributed by atoms with Crippen molar-refractivity contribution >= 4 is 43.1 Å². The van der Waals surface area contributed by atoms with Gasteiger partial charge in [-0.05, 0) is 50.4 Å². The van der Waals surface area contributed by atoms with Gasteiger partial charge in [0.15, 0.2) is 5.82 Å². The second kappa shape index (κ2) is 12.2. The number of rotatable bonds is 7. The highest BCUT2D eigenvalue weighted by Crippen LogP contribution is 2.47. The second-order valence-corrected chi connectivity index (χ2v) is 14.4. The largest absolute Gasteiger partial charge is 0.463 e. The fourth-order valence-corrected chi connectivity index (χ4v) is 8.54. The average molecular weight is 687 g/mol. The van der Waals surface area contributed by atoms with Crippen molar-refractivity contribution in [3.8, 4) is 23.3 Å². The molecule has 0 radical (unpaired) electrons. The van der Waals surface area contributed by atoms with E-state index in [1.807, 2.05) is 24.8 Å². The molecule has 9 nitrogen and oxygen atoms in total. The Labute approximate surface area is 277 Å². The number of benzene rings is 1. The van der Waals surface area contributed by atoms with Crippen LogP contribution in [-0.4, -0.2) is 77.9 Å². The maximum absolute atomic E-state index is 16.9. The van der Waals surface area contributed by atoms with Gasteiger partial charge in [0.05, 0.1) is 29.8 Å². The number of piperazine rings is 1. The van der Waals surface area contributed by atoms with Crippen molar-refractivity contribution in [2.75, 3.05) is 56.6 Å². The van der Waals surface area contributed by atoms with Gasteiger partial charge in [-0.25, -0.2) is 4.39 Å². The molecule has 7 rings (SSSR count). The molecule has 3 aromatic heterocycles. The second-order valence-electron chi connectivity index (χ2n) is 13.3. The first-order valence-corrected chi connectivity index (χ1v) is 16.9. The quantitative estimate of drug-likeness (QED) is 0.221. The summed E-state index contributed by atoms with van der Waals surface area (Å²) in [5.41, 5.74) is 2.66. The lowest BCUT2D eigenvalue weighted by Crippen LogP contribution is -2.51. The van der Waals surface area contributed by atoms with Crippen LogP contribution in [0.25, 0.3) is 32.2 Å². The number of pyridine rings is 1. The molecule has 4 aromatic rings. The number of aromatic nitrogens is 3. The van der Waals surface area contributed by atoms with Crippen LogP contribution >= 0.6 is 11.3 Å². The number of hydrogen-bond acceptors (Lipinski definition) is 10. The van der Waals surface area contributed by atoms with E-state index in [-0.39, 0.29) is 57.5 Å². The number of nitrogens with zero attached hydrogens (tertiary/aromatic N) is 6. The molecule has 3 N–H and O–H groups in total. The number of piperidine rings is 1. The van der Waals surface area contributed by atoms with E-state index in [4.69, 9.17) is 15.5 Å². The third kappa shape index (κ3) is 5.57. The van der Waals surface area contributed by atoms with Crippen molar-refractivity contribution in [1.29, 1.82) is 5.26 Å². The minimum Gasteiger partial charge on any atom is -0.463 e. The predicted molar refractivity (Wildman–Crippen MR) is 174 cm³/mol. The zero-order chi connectivity index (χ0) is 34.0. The zero-order valence-electron chi connectivity index (χ0n) is 26.5. The van der Waals surface area contributed by atoms with Crippen molar-refractivity contribution in [2.24, 2.45) is 11.3 Å². The van der Waals surface area contributed by atoms with Crippen molar-refractivity contribution < 1.29 is 26.7 Å². The van der Waals surface area contributed by atoms with E-state index in [0.717, 1.165) is 43.3 Å². The van der Waals surface area contributed by atoms with Crippen LogP contribution in [0.2, 0.25) is 0 Å². The predicted octanol–water partition coefficient (Wildman–Crippen LogP) is 6.16. The number of likely N-dealkylation sites (tertiary alicyclic amines) is 1. The Morgan fingerprint density at radius 3 is 2.60 bits per heavy atom. The minimum absolute atomic E-state index is 0.0207. The fourth-order valence-electron chi connectivity index (χ4n) is 7.61. The summed E-state index contributed by atoms with van der Waals surface area (Å²) in [4.78, 5) is 17.6. The highest BCUT2D eigenvalue weighted by atomic mass is 32.1. The molecule has 2 bridgehead atoms. The highest BCUT2D eigenvalue weighted by Gasteiger charge is 2.41. The first-order chi connectivity index (χ1) is 22.9. The van der Waals surface area contributed by atoms with Crippen LogP contribution in [0.1, 0.15) is 44.2 Å². The number of nitrogen functional groups attached to an aromatic ring is 1. The molecule has 0 spiro atoms. The van der Waals surface area contributed by atoms with Crippen LogP contribution in [0.5, 0.6) is 6.01 Å². The summed E-state index contributed by atoms with van der Waals surface area (Å²) in [7, 11) is 0. The van der Waals surface area contributed by atoms with E-state index >= 15 is 4.39 Å². The number of nitrogens with two attached hydrogens (primary N) is 1. The van der Waals surface area contributed by atoms with Gasteiger partial charge in [0.2, 0.25) is 0 Å². The standard InChI is InChI=1S/C33H35F5N8OS/c1-3-45-9-8-17(10-34)32(2,15-45)16-47-31-43-27-21(30(44-31)46-13-18-4-5-19(14-46)42-18)12-41-28(26(27)35)25-22(33(36,37)38)6-7-23-24(25)20(11-39)29(40)48-23/h6-7,12,17-19,42H,3-5,8-10,13-16,40H2,1-2H3/t17-,18-,19+,32+/m1/s1. The lowest BCUT2D eigenvalue weighted by atomic mass is 9.73. The minimum atomic E-state index is -4.89. The smallest absolute Gasteiger partial charge is 0.417 e. The molecule has 48 heavy (non-hydrogen) atoms. The number of fused-ring (bicyclic) bond motifs is 4. The summed E-state index contributed by atoms with van der Waals surface area (Å²) in [6.45, 7) is 6.87. The SMILES string of the molecule is CCN1CC[C@H](CF)[C@](C)(COc2nc(N3C[C@H]4CC[C@@H](C3)N4)c3cnc(-c4c(C(F)(F)F)ccc5sc(N)c(C#N)c45)c(F)c3n2)C1. The first-order valence-electron chi connectivity index (χ1n) is 16.0. The number of anilines is 2. The van der Waals surface area contributed by atoms with E-state index in [2.05, 4.69) is 20.2 Å². The highest BCUT2D eigenvalue weighted by molar-refractivity contribution is 7.23. The van der Waals surface area contributed by atoms with Gasteiger partial charge in [0, 0.05) is 59.0 Å². The maximum Gasteiger partial charge on any atom is 0.417 e. The lowest BCUT2D eigenvalue weighted by Gasteiger charge is -2.44. The van der Waals surface area contributed by atoms with Gasteiger partial charge >= 0.3 is 12.2 Å². The molecule has 254 valence electrons. The molecule has 0 amide bonds. The summed E-state index contributed by atoms with van der Waals surface area (Å²) in [5, 5.41) is 13.5. The third-order valence-electron chi connectivity index (χ3n) is 10.2. The Morgan fingerprint density at radius 1 is 1.19 bits per heavy atom. The van der Waals surface area contributed by atoms with Crippen molar-refractivity contribution in [3.63, 3.8) is 0 Å². The van der Waals surface area contributed by atoms with Crippen LogP contribution in [0.15, 0.2) is 18.3 Å². The Morgan fingerprint density at radius 2 is 1.94 bits per heavy atom. The van der Waals surface area contributed by atoms with Crippen molar-refractivity contribution in [3.05, 3.63) is 35.3 Å². The molecule has 0 saturated carbocycles. The van der Waals surface area contributed by atoms with Gasteiger partial charge in [-0.15, -0.1) is 11.3 Å². The molecule has 6 heterocycles. The fraction of sp³-hybridized carbons (Fsp3) is 0.515. The van der Waals surface area contributed by atoms with Gasteiger partial charge in [0.1, 0.15) is 28.1 Å². The Kier molecular flexibility index (Phi) is 8.32. The summed E-state index contributed by atoms with van der Waals surface area (Å²) in [5.74, 6) is -0.997. The molecule has 3 aliphatic heterocycles. The van der Waals surface area contributed by atoms with Crippen LogP contribution < -0.4 is 20.7 Å². The summed E-state index contributed by atoms with van der Waals surface area (Å²) in [6, 6.07) is 4.20. The number of nitriles is 1. The van der Waals surface area contributed by atoms with E-state index in [1.165, 1.54) is 12.3 Å². The first kappa shape index (κ1) is 32.7. The topological polar surface area (TPSA) is 116 Å². The molecule has 0 unspecified atom stereocenters. The van der Waals surface area contributed by atoms with E-state index in [0.29, 0.717) is 36.6 Å². The Bertz CT molecular complexity index is 1920. The summed E-state index contributed by atoms with van der Waals surface area (Å²) < 4.78 is 81.0. The molecule has 3 fully saturated rings.